The fraction of sp³-hybridized carbons (Fsp3) is 0.647. The summed E-state index contributed by atoms with van der Waals surface area (Å²) in [7, 11) is 0. The Morgan fingerprint density at radius 1 is 1.00 bits per heavy atom. The fourth-order valence-corrected chi connectivity index (χ4v) is 3.47. The number of aromatic nitrogens is 2. The molecule has 1 aromatic heterocycles. The van der Waals surface area contributed by atoms with Gasteiger partial charge in [-0.2, -0.15) is 5.10 Å². The van der Waals surface area contributed by atoms with Crippen LogP contribution in [0.4, 0.5) is 4.79 Å². The number of amides is 3. The molecule has 136 valence electrons. The second-order valence-electron chi connectivity index (χ2n) is 6.83. The van der Waals surface area contributed by atoms with Crippen LogP contribution in [0.15, 0.2) is 16.9 Å². The van der Waals surface area contributed by atoms with Crippen molar-refractivity contribution in [2.24, 2.45) is 0 Å². The van der Waals surface area contributed by atoms with Gasteiger partial charge in [0.1, 0.15) is 5.69 Å². The predicted octanol–water partition coefficient (Wildman–Crippen LogP) is 1.01. The van der Waals surface area contributed by atoms with Crippen molar-refractivity contribution in [3.05, 3.63) is 28.2 Å². The molecule has 1 aliphatic heterocycles. The van der Waals surface area contributed by atoms with Crippen molar-refractivity contribution in [3.63, 3.8) is 0 Å². The summed E-state index contributed by atoms with van der Waals surface area (Å²) in [5.74, 6) is -0.304. The highest BCUT2D eigenvalue weighted by atomic mass is 16.2. The number of likely N-dealkylation sites (tertiary alicyclic amines) is 1. The van der Waals surface area contributed by atoms with Crippen molar-refractivity contribution in [3.8, 4) is 0 Å². The molecule has 2 fully saturated rings. The summed E-state index contributed by atoms with van der Waals surface area (Å²) in [5, 5.41) is 12.0. The molecule has 8 heteroatoms. The monoisotopic (exact) mass is 347 g/mol. The van der Waals surface area contributed by atoms with Crippen molar-refractivity contribution in [1.29, 1.82) is 0 Å². The van der Waals surface area contributed by atoms with E-state index < -0.39 is 0 Å². The number of hydrogen-bond donors (Lipinski definition) is 3. The molecule has 8 nitrogen and oxygen atoms in total. The lowest BCUT2D eigenvalue weighted by molar-refractivity contribution is 0.0911. The molecule has 3 rings (SSSR count). The van der Waals surface area contributed by atoms with E-state index in [1.807, 2.05) is 4.90 Å². The van der Waals surface area contributed by atoms with E-state index in [0.717, 1.165) is 12.8 Å². The first-order valence-electron chi connectivity index (χ1n) is 9.04. The Balaban J connectivity index is 1.43. The molecule has 1 aliphatic carbocycles. The SMILES string of the molecule is O=C(NC1CCN(C(=O)NC2CCCCC2)CC1)c1ccc(=O)[nH]n1. The van der Waals surface area contributed by atoms with E-state index in [9.17, 15) is 14.4 Å². The van der Waals surface area contributed by atoms with Crippen LogP contribution in [0.3, 0.4) is 0 Å². The minimum atomic E-state index is -0.339. The van der Waals surface area contributed by atoms with Crippen molar-refractivity contribution < 1.29 is 9.59 Å². The largest absolute Gasteiger partial charge is 0.348 e. The number of H-pyrrole nitrogens is 1. The van der Waals surface area contributed by atoms with Crippen LogP contribution in [-0.2, 0) is 0 Å². The van der Waals surface area contributed by atoms with E-state index >= 15 is 0 Å². The number of rotatable bonds is 3. The van der Waals surface area contributed by atoms with Crippen LogP contribution in [0.2, 0.25) is 0 Å². The van der Waals surface area contributed by atoms with Gasteiger partial charge in [0.05, 0.1) is 0 Å². The number of aromatic amines is 1. The van der Waals surface area contributed by atoms with Gasteiger partial charge in [0.25, 0.3) is 11.5 Å². The Kier molecular flexibility index (Phi) is 5.67. The molecule has 0 atom stereocenters. The highest BCUT2D eigenvalue weighted by molar-refractivity contribution is 5.92. The zero-order valence-electron chi connectivity index (χ0n) is 14.3. The molecule has 25 heavy (non-hydrogen) atoms. The molecule has 0 aromatic carbocycles. The van der Waals surface area contributed by atoms with Crippen LogP contribution in [0.25, 0.3) is 0 Å². The van der Waals surface area contributed by atoms with Gasteiger partial charge in [0.2, 0.25) is 0 Å². The lowest BCUT2D eigenvalue weighted by atomic mass is 9.95. The summed E-state index contributed by atoms with van der Waals surface area (Å²) < 4.78 is 0. The molecule has 0 radical (unpaired) electrons. The molecule has 0 unspecified atom stereocenters. The molecule has 3 N–H and O–H groups in total. The maximum Gasteiger partial charge on any atom is 0.317 e. The van der Waals surface area contributed by atoms with Gasteiger partial charge >= 0.3 is 6.03 Å². The van der Waals surface area contributed by atoms with Crippen molar-refractivity contribution in [2.45, 2.75) is 57.0 Å². The third-order valence-electron chi connectivity index (χ3n) is 4.96. The van der Waals surface area contributed by atoms with E-state index in [1.54, 1.807) is 0 Å². The zero-order chi connectivity index (χ0) is 17.6. The number of carbonyl (C=O) groups is 2. The number of nitrogens with one attached hydrogen (secondary N) is 3. The Bertz CT molecular complexity index is 640. The first-order chi connectivity index (χ1) is 12.1. The second kappa shape index (κ2) is 8.13. The number of piperidine rings is 1. The molecule has 1 aromatic rings. The third-order valence-corrected chi connectivity index (χ3v) is 4.96. The quantitative estimate of drug-likeness (QED) is 0.758. The minimum absolute atomic E-state index is 0.0129. The number of urea groups is 1. The fourth-order valence-electron chi connectivity index (χ4n) is 3.47. The first-order valence-corrected chi connectivity index (χ1v) is 9.04. The molecule has 1 saturated heterocycles. The van der Waals surface area contributed by atoms with Gasteiger partial charge < -0.3 is 15.5 Å². The molecule has 2 heterocycles. The number of hydrogen-bond acceptors (Lipinski definition) is 4. The van der Waals surface area contributed by atoms with Gasteiger partial charge in [-0.25, -0.2) is 9.89 Å². The first kappa shape index (κ1) is 17.4. The molecule has 2 aliphatic rings. The molecule has 1 saturated carbocycles. The number of nitrogens with zero attached hydrogens (tertiary/aromatic N) is 2. The average molecular weight is 347 g/mol. The van der Waals surface area contributed by atoms with Crippen molar-refractivity contribution >= 4 is 11.9 Å². The Labute approximate surface area is 146 Å². The standard InChI is InChI=1S/C17H25N5O3/c23-15-7-6-14(20-21-15)16(24)18-13-8-10-22(11-9-13)17(25)19-12-4-2-1-3-5-12/h6-7,12-13H,1-5,8-11H2,(H,18,24)(H,19,25)(H,21,23). The lowest BCUT2D eigenvalue weighted by Gasteiger charge is -2.34. The van der Waals surface area contributed by atoms with Gasteiger partial charge in [0.15, 0.2) is 0 Å². The zero-order valence-corrected chi connectivity index (χ0v) is 14.3. The van der Waals surface area contributed by atoms with E-state index in [0.29, 0.717) is 32.0 Å². The van der Waals surface area contributed by atoms with Gasteiger partial charge in [-0.1, -0.05) is 19.3 Å². The van der Waals surface area contributed by atoms with E-state index in [4.69, 9.17) is 0 Å². The normalized spacial score (nSPS) is 19.4. The van der Waals surface area contributed by atoms with E-state index in [2.05, 4.69) is 20.8 Å². The molecular formula is C17H25N5O3. The van der Waals surface area contributed by atoms with Crippen molar-refractivity contribution in [1.82, 2.24) is 25.7 Å². The maximum atomic E-state index is 12.3. The summed E-state index contributed by atoms with van der Waals surface area (Å²) in [6.45, 7) is 1.26. The van der Waals surface area contributed by atoms with Crippen LogP contribution in [-0.4, -0.2) is 52.2 Å². The summed E-state index contributed by atoms with van der Waals surface area (Å²) >= 11 is 0. The van der Waals surface area contributed by atoms with Crippen molar-refractivity contribution in [2.75, 3.05) is 13.1 Å². The summed E-state index contributed by atoms with van der Waals surface area (Å²) in [6, 6.07) is 3.02. The topological polar surface area (TPSA) is 107 Å². The average Bonchev–Trinajstić information content (AvgIpc) is 2.63. The van der Waals surface area contributed by atoms with Gasteiger partial charge in [0, 0.05) is 31.2 Å². The van der Waals surface area contributed by atoms with Crippen LogP contribution >= 0.6 is 0 Å². The smallest absolute Gasteiger partial charge is 0.317 e. The van der Waals surface area contributed by atoms with Gasteiger partial charge in [-0.15, -0.1) is 0 Å². The predicted molar refractivity (Wildman–Crippen MR) is 92.3 cm³/mol. The molecular weight excluding hydrogens is 322 g/mol. The molecule has 3 amide bonds. The Hall–Kier alpha value is -2.38. The Morgan fingerprint density at radius 2 is 1.68 bits per heavy atom. The van der Waals surface area contributed by atoms with Crippen LogP contribution in [0.1, 0.15) is 55.4 Å². The van der Waals surface area contributed by atoms with E-state index in [1.165, 1.54) is 31.4 Å². The summed E-state index contributed by atoms with van der Waals surface area (Å²) in [4.78, 5) is 37.3. The van der Waals surface area contributed by atoms with Gasteiger partial charge in [-0.05, 0) is 31.7 Å². The summed E-state index contributed by atoms with van der Waals surface area (Å²) in [5.41, 5.74) is -0.147. The number of carbonyl (C=O) groups excluding carboxylic acids is 2. The summed E-state index contributed by atoms with van der Waals surface area (Å²) in [6.07, 6.45) is 7.23. The van der Waals surface area contributed by atoms with Crippen LogP contribution < -0.4 is 16.2 Å². The molecule has 0 spiro atoms. The Morgan fingerprint density at radius 3 is 2.32 bits per heavy atom. The molecule has 0 bridgehead atoms. The van der Waals surface area contributed by atoms with Crippen LogP contribution in [0, 0.1) is 0 Å². The van der Waals surface area contributed by atoms with E-state index in [-0.39, 0.29) is 29.2 Å². The second-order valence-corrected chi connectivity index (χ2v) is 6.83. The third kappa shape index (κ3) is 4.80. The van der Waals surface area contributed by atoms with Crippen LogP contribution in [0.5, 0.6) is 0 Å². The lowest BCUT2D eigenvalue weighted by Crippen LogP contribution is -2.51. The maximum absolute atomic E-state index is 12.3. The highest BCUT2D eigenvalue weighted by Gasteiger charge is 2.26. The van der Waals surface area contributed by atoms with Gasteiger partial charge in [-0.3, -0.25) is 9.59 Å². The highest BCUT2D eigenvalue weighted by Crippen LogP contribution is 2.18. The minimum Gasteiger partial charge on any atom is -0.348 e.